The molecule has 1 aromatic heterocycles. The summed E-state index contributed by atoms with van der Waals surface area (Å²) in [7, 11) is 0. The van der Waals surface area contributed by atoms with Crippen LogP contribution in [0, 0.1) is 5.92 Å². The summed E-state index contributed by atoms with van der Waals surface area (Å²) in [6, 6.07) is 7.56. The third kappa shape index (κ3) is 2.98. The van der Waals surface area contributed by atoms with Crippen molar-refractivity contribution in [3.63, 3.8) is 0 Å². The maximum atomic E-state index is 12.5. The van der Waals surface area contributed by atoms with E-state index in [2.05, 4.69) is 26.2 Å². The molecule has 1 atom stereocenters. The van der Waals surface area contributed by atoms with Gasteiger partial charge in [0.05, 0.1) is 11.6 Å². The number of anilines is 2. The van der Waals surface area contributed by atoms with Gasteiger partial charge in [-0.25, -0.2) is 4.98 Å². The lowest BCUT2D eigenvalue weighted by atomic mass is 10.1. The first-order valence-electron chi connectivity index (χ1n) is 7.95. The van der Waals surface area contributed by atoms with Gasteiger partial charge in [0, 0.05) is 28.0 Å². The molecule has 1 saturated heterocycles. The van der Waals surface area contributed by atoms with Gasteiger partial charge in [-0.15, -0.1) is 11.3 Å². The van der Waals surface area contributed by atoms with E-state index in [1.54, 1.807) is 16.2 Å². The Bertz CT molecular complexity index is 781. The number of amides is 2. The van der Waals surface area contributed by atoms with E-state index in [1.807, 2.05) is 24.3 Å². The molecule has 7 heteroatoms. The fraction of sp³-hybridized carbons (Fsp3) is 0.353. The first kappa shape index (κ1) is 15.8. The van der Waals surface area contributed by atoms with Crippen molar-refractivity contribution in [1.82, 2.24) is 4.98 Å². The fourth-order valence-corrected chi connectivity index (χ4v) is 4.52. The van der Waals surface area contributed by atoms with Gasteiger partial charge in [0.1, 0.15) is 0 Å². The number of fused-ring (bicyclic) bond motifs is 1. The lowest BCUT2D eigenvalue weighted by Crippen LogP contribution is -2.28. The first-order valence-corrected chi connectivity index (χ1v) is 9.56. The van der Waals surface area contributed by atoms with E-state index in [0.29, 0.717) is 11.7 Å². The van der Waals surface area contributed by atoms with E-state index in [0.717, 1.165) is 35.1 Å². The predicted octanol–water partition coefficient (Wildman–Crippen LogP) is 3.39. The Morgan fingerprint density at radius 2 is 2.08 bits per heavy atom. The molecule has 0 radical (unpaired) electrons. The summed E-state index contributed by atoms with van der Waals surface area (Å²) in [4.78, 5) is 32.2. The number of benzene rings is 1. The maximum absolute atomic E-state index is 12.5. The third-order valence-electron chi connectivity index (χ3n) is 4.46. The number of nitrogens with zero attached hydrogens (tertiary/aromatic N) is 2. The van der Waals surface area contributed by atoms with Crippen LogP contribution in [0.2, 0.25) is 0 Å². The third-order valence-corrected chi connectivity index (χ3v) is 6.06. The molecule has 2 heterocycles. The Balaban J connectivity index is 1.43. The van der Waals surface area contributed by atoms with Crippen molar-refractivity contribution in [3.05, 3.63) is 39.3 Å². The fourth-order valence-electron chi connectivity index (χ4n) is 3.21. The van der Waals surface area contributed by atoms with Gasteiger partial charge in [0.2, 0.25) is 11.8 Å². The zero-order valence-corrected chi connectivity index (χ0v) is 15.3. The van der Waals surface area contributed by atoms with Crippen molar-refractivity contribution >= 4 is 49.9 Å². The van der Waals surface area contributed by atoms with Gasteiger partial charge in [-0.2, -0.15) is 0 Å². The Hall–Kier alpha value is -1.73. The van der Waals surface area contributed by atoms with Gasteiger partial charge in [0.15, 0.2) is 5.13 Å². The van der Waals surface area contributed by atoms with Gasteiger partial charge in [-0.1, -0.05) is 15.9 Å². The minimum Gasteiger partial charge on any atom is -0.312 e. The van der Waals surface area contributed by atoms with Gasteiger partial charge in [-0.3, -0.25) is 9.59 Å². The van der Waals surface area contributed by atoms with Crippen molar-refractivity contribution < 1.29 is 9.59 Å². The summed E-state index contributed by atoms with van der Waals surface area (Å²) >= 11 is 4.95. The average molecular weight is 406 g/mol. The second kappa shape index (κ2) is 6.29. The Labute approximate surface area is 152 Å². The molecular weight excluding hydrogens is 390 g/mol. The zero-order valence-electron chi connectivity index (χ0n) is 12.9. The summed E-state index contributed by atoms with van der Waals surface area (Å²) in [6.07, 6.45) is 3.46. The average Bonchev–Trinajstić information content (AvgIpc) is 3.22. The number of thiazole rings is 1. The van der Waals surface area contributed by atoms with Gasteiger partial charge >= 0.3 is 0 Å². The van der Waals surface area contributed by atoms with E-state index >= 15 is 0 Å². The zero-order chi connectivity index (χ0) is 16.7. The molecule has 0 bridgehead atoms. The van der Waals surface area contributed by atoms with E-state index < -0.39 is 0 Å². The van der Waals surface area contributed by atoms with Crippen LogP contribution in [0.15, 0.2) is 28.7 Å². The SMILES string of the molecule is O=C(Nc1nc2c(s1)CCC2)[C@@H]1CC(=O)N(c2ccc(Br)cc2)C1. The summed E-state index contributed by atoms with van der Waals surface area (Å²) in [6.45, 7) is 0.414. The summed E-state index contributed by atoms with van der Waals surface area (Å²) in [5, 5.41) is 3.56. The smallest absolute Gasteiger partial charge is 0.231 e. The molecule has 0 saturated carbocycles. The molecule has 1 aliphatic carbocycles. The van der Waals surface area contributed by atoms with Crippen LogP contribution in [0.1, 0.15) is 23.4 Å². The number of hydrogen-bond acceptors (Lipinski definition) is 4. The molecule has 1 aromatic carbocycles. The van der Waals surface area contributed by atoms with Crippen LogP contribution in [-0.2, 0) is 22.4 Å². The number of aryl methyl sites for hydroxylation is 2. The second-order valence-corrected chi connectivity index (χ2v) is 8.11. The minimum atomic E-state index is -0.333. The molecule has 1 aliphatic heterocycles. The van der Waals surface area contributed by atoms with Crippen LogP contribution < -0.4 is 10.2 Å². The monoisotopic (exact) mass is 405 g/mol. The largest absolute Gasteiger partial charge is 0.312 e. The van der Waals surface area contributed by atoms with Gasteiger partial charge in [-0.05, 0) is 43.5 Å². The Kier molecular flexibility index (Phi) is 4.14. The Morgan fingerprint density at radius 1 is 1.29 bits per heavy atom. The van der Waals surface area contributed by atoms with Crippen molar-refractivity contribution in [3.8, 4) is 0 Å². The number of hydrogen-bond donors (Lipinski definition) is 1. The molecule has 2 amide bonds. The molecule has 4 rings (SSSR count). The van der Waals surface area contributed by atoms with Crippen LogP contribution in [0.25, 0.3) is 0 Å². The highest BCUT2D eigenvalue weighted by molar-refractivity contribution is 9.10. The number of carbonyl (C=O) groups is 2. The van der Waals surface area contributed by atoms with Crippen LogP contribution in [-0.4, -0.2) is 23.3 Å². The first-order chi connectivity index (χ1) is 11.6. The van der Waals surface area contributed by atoms with Crippen molar-refractivity contribution in [2.24, 2.45) is 5.92 Å². The molecule has 24 heavy (non-hydrogen) atoms. The molecule has 2 aromatic rings. The van der Waals surface area contributed by atoms with E-state index in [4.69, 9.17) is 0 Å². The van der Waals surface area contributed by atoms with E-state index in [1.165, 1.54) is 4.88 Å². The summed E-state index contributed by atoms with van der Waals surface area (Å²) < 4.78 is 0.962. The molecule has 1 N–H and O–H groups in total. The number of carbonyl (C=O) groups excluding carboxylic acids is 2. The minimum absolute atomic E-state index is 0.0147. The standard InChI is InChI=1S/C17H16BrN3O2S/c18-11-4-6-12(7-5-11)21-9-10(8-15(21)22)16(23)20-17-19-13-2-1-3-14(13)24-17/h4-7,10H,1-3,8-9H2,(H,19,20,23)/t10-/m1/s1. The molecule has 0 spiro atoms. The van der Waals surface area contributed by atoms with E-state index in [9.17, 15) is 9.59 Å². The highest BCUT2D eigenvalue weighted by atomic mass is 79.9. The van der Waals surface area contributed by atoms with Crippen molar-refractivity contribution in [2.75, 3.05) is 16.8 Å². The topological polar surface area (TPSA) is 62.3 Å². The second-order valence-electron chi connectivity index (χ2n) is 6.11. The quantitative estimate of drug-likeness (QED) is 0.850. The molecule has 0 unspecified atom stereocenters. The number of halogens is 1. The molecule has 1 fully saturated rings. The van der Waals surface area contributed by atoms with Crippen LogP contribution in [0.4, 0.5) is 10.8 Å². The normalized spacial score (nSPS) is 19.6. The molecule has 124 valence electrons. The highest BCUT2D eigenvalue weighted by Gasteiger charge is 2.35. The molecule has 2 aliphatic rings. The van der Waals surface area contributed by atoms with Gasteiger partial charge in [0.25, 0.3) is 0 Å². The highest BCUT2D eigenvalue weighted by Crippen LogP contribution is 2.32. The lowest BCUT2D eigenvalue weighted by molar-refractivity contribution is -0.122. The van der Waals surface area contributed by atoms with Crippen LogP contribution in [0.5, 0.6) is 0 Å². The number of nitrogens with one attached hydrogen (secondary N) is 1. The van der Waals surface area contributed by atoms with Crippen LogP contribution in [0.3, 0.4) is 0 Å². The number of aromatic nitrogens is 1. The van der Waals surface area contributed by atoms with Crippen LogP contribution >= 0.6 is 27.3 Å². The molecule has 5 nitrogen and oxygen atoms in total. The summed E-state index contributed by atoms with van der Waals surface area (Å²) in [5.74, 6) is -0.464. The van der Waals surface area contributed by atoms with Gasteiger partial charge < -0.3 is 10.2 Å². The maximum Gasteiger partial charge on any atom is 0.231 e. The van der Waals surface area contributed by atoms with E-state index in [-0.39, 0.29) is 24.2 Å². The number of rotatable bonds is 3. The predicted molar refractivity (Wildman–Crippen MR) is 97.4 cm³/mol. The lowest BCUT2D eigenvalue weighted by Gasteiger charge is -2.16. The molecular formula is C17H16BrN3O2S. The van der Waals surface area contributed by atoms with Crippen molar-refractivity contribution in [1.29, 1.82) is 0 Å². The summed E-state index contributed by atoms with van der Waals surface area (Å²) in [5.41, 5.74) is 1.95. The van der Waals surface area contributed by atoms with Crippen molar-refractivity contribution in [2.45, 2.75) is 25.7 Å². The Morgan fingerprint density at radius 3 is 2.83 bits per heavy atom.